The first-order chi connectivity index (χ1) is 10.8. The number of nitrogens with one attached hydrogen (secondary N) is 1. The van der Waals surface area contributed by atoms with Crippen LogP contribution < -0.4 is 0 Å². The Labute approximate surface area is 130 Å². The molecule has 116 valence electrons. The van der Waals surface area contributed by atoms with E-state index in [1.165, 1.54) is 24.0 Å². The molecule has 1 saturated heterocycles. The average molecular weight is 298 g/mol. The smallest absolute Gasteiger partial charge is 0.0894 e. The van der Waals surface area contributed by atoms with Crippen LogP contribution in [0.25, 0.3) is 0 Å². The van der Waals surface area contributed by atoms with Crippen LogP contribution in [-0.4, -0.2) is 46.6 Å². The van der Waals surface area contributed by atoms with E-state index in [2.05, 4.69) is 44.6 Å². The summed E-state index contributed by atoms with van der Waals surface area (Å²) in [4.78, 5) is 2.44. The maximum atomic E-state index is 5.65. The Bertz CT molecular complexity index is 606. The molecular weight excluding hydrogens is 276 g/mol. The monoisotopic (exact) mass is 298 g/mol. The van der Waals surface area contributed by atoms with Crippen molar-refractivity contribution in [3.63, 3.8) is 0 Å². The highest BCUT2D eigenvalue weighted by molar-refractivity contribution is 5.28. The van der Waals surface area contributed by atoms with E-state index in [1.54, 1.807) is 7.11 Å². The standard InChI is InChI=1S/C17H22N4O/c1-22-17-11-21(10-15(17)16-8-18-20-19-16)9-12-2-4-13(5-3-12)14-6-7-14/h2-5,8,14-15,17H,6-7,9-11H2,1H3,(H,18,19,20)/t15-,17+/m0/s1. The van der Waals surface area contributed by atoms with E-state index in [-0.39, 0.29) is 6.10 Å². The number of aromatic nitrogens is 3. The normalized spacial score (nSPS) is 25.7. The van der Waals surface area contributed by atoms with E-state index in [0.29, 0.717) is 5.92 Å². The molecule has 2 fully saturated rings. The van der Waals surface area contributed by atoms with E-state index in [0.717, 1.165) is 31.2 Å². The molecule has 1 aliphatic heterocycles. The van der Waals surface area contributed by atoms with Crippen LogP contribution in [0.2, 0.25) is 0 Å². The molecule has 5 heteroatoms. The number of rotatable bonds is 5. The third kappa shape index (κ3) is 2.78. The minimum Gasteiger partial charge on any atom is -0.379 e. The second-order valence-corrected chi connectivity index (χ2v) is 6.49. The van der Waals surface area contributed by atoms with Crippen molar-refractivity contribution in [2.75, 3.05) is 20.2 Å². The highest BCUT2D eigenvalue weighted by Crippen LogP contribution is 2.40. The summed E-state index contributed by atoms with van der Waals surface area (Å²) in [6, 6.07) is 9.15. The minimum absolute atomic E-state index is 0.191. The van der Waals surface area contributed by atoms with Crippen LogP contribution in [0.4, 0.5) is 0 Å². The lowest BCUT2D eigenvalue weighted by atomic mass is 10.0. The quantitative estimate of drug-likeness (QED) is 0.920. The first-order valence-electron chi connectivity index (χ1n) is 8.03. The van der Waals surface area contributed by atoms with Gasteiger partial charge in [-0.1, -0.05) is 24.3 Å². The van der Waals surface area contributed by atoms with Crippen LogP contribution in [0.1, 0.15) is 41.5 Å². The predicted molar refractivity (Wildman–Crippen MR) is 83.6 cm³/mol. The Morgan fingerprint density at radius 2 is 2.05 bits per heavy atom. The Kier molecular flexibility index (Phi) is 3.68. The van der Waals surface area contributed by atoms with Crippen LogP contribution in [0.5, 0.6) is 0 Å². The molecule has 0 unspecified atom stereocenters. The number of hydrogen-bond donors (Lipinski definition) is 1. The molecule has 1 N–H and O–H groups in total. The molecule has 1 saturated carbocycles. The molecule has 5 nitrogen and oxygen atoms in total. The zero-order chi connectivity index (χ0) is 14.9. The summed E-state index contributed by atoms with van der Waals surface area (Å²) in [5, 5.41) is 10.9. The van der Waals surface area contributed by atoms with Crippen molar-refractivity contribution < 1.29 is 4.74 Å². The molecular formula is C17H22N4O. The first-order valence-corrected chi connectivity index (χ1v) is 8.03. The summed E-state index contributed by atoms with van der Waals surface area (Å²) in [7, 11) is 1.78. The zero-order valence-electron chi connectivity index (χ0n) is 12.9. The fourth-order valence-corrected chi connectivity index (χ4v) is 3.46. The van der Waals surface area contributed by atoms with Gasteiger partial charge in [0, 0.05) is 32.7 Å². The molecule has 1 aliphatic carbocycles. The van der Waals surface area contributed by atoms with E-state index in [1.807, 2.05) is 6.20 Å². The molecule has 2 aromatic rings. The number of aromatic amines is 1. The topological polar surface area (TPSA) is 54.0 Å². The summed E-state index contributed by atoms with van der Waals surface area (Å²) in [6.07, 6.45) is 4.72. The van der Waals surface area contributed by atoms with Gasteiger partial charge in [-0.2, -0.15) is 15.4 Å². The SMILES string of the molecule is CO[C@@H]1CN(Cc2ccc(C3CC3)cc2)C[C@H]1c1cn[nH]n1. The number of likely N-dealkylation sites (tertiary alicyclic amines) is 1. The molecule has 1 aromatic carbocycles. The summed E-state index contributed by atoms with van der Waals surface area (Å²) in [5.74, 6) is 1.13. The van der Waals surface area contributed by atoms with Gasteiger partial charge in [0.05, 0.1) is 18.0 Å². The summed E-state index contributed by atoms with van der Waals surface area (Å²) in [6.45, 7) is 2.88. The van der Waals surface area contributed by atoms with Gasteiger partial charge in [0.1, 0.15) is 0 Å². The number of methoxy groups -OCH3 is 1. The molecule has 0 amide bonds. The third-order valence-corrected chi connectivity index (χ3v) is 4.89. The van der Waals surface area contributed by atoms with Crippen molar-refractivity contribution in [3.8, 4) is 0 Å². The van der Waals surface area contributed by atoms with E-state index in [9.17, 15) is 0 Å². The first kappa shape index (κ1) is 13.9. The lowest BCUT2D eigenvalue weighted by Gasteiger charge is -2.15. The maximum Gasteiger partial charge on any atom is 0.0894 e. The molecule has 2 heterocycles. The average Bonchev–Trinajstić information content (AvgIpc) is 3.10. The van der Waals surface area contributed by atoms with Crippen molar-refractivity contribution in [1.82, 2.24) is 20.3 Å². The highest BCUT2D eigenvalue weighted by atomic mass is 16.5. The summed E-state index contributed by atoms with van der Waals surface area (Å²) in [5.41, 5.74) is 3.87. The van der Waals surface area contributed by atoms with E-state index >= 15 is 0 Å². The van der Waals surface area contributed by atoms with Crippen molar-refractivity contribution >= 4 is 0 Å². The van der Waals surface area contributed by atoms with Crippen LogP contribution in [-0.2, 0) is 11.3 Å². The fourth-order valence-electron chi connectivity index (χ4n) is 3.46. The van der Waals surface area contributed by atoms with Crippen molar-refractivity contribution in [2.45, 2.75) is 37.3 Å². The van der Waals surface area contributed by atoms with Crippen LogP contribution in [0.15, 0.2) is 30.5 Å². The van der Waals surface area contributed by atoms with Crippen LogP contribution in [0, 0.1) is 0 Å². The lowest BCUT2D eigenvalue weighted by molar-refractivity contribution is 0.0957. The van der Waals surface area contributed by atoms with Gasteiger partial charge in [0.2, 0.25) is 0 Å². The molecule has 1 aromatic heterocycles. The third-order valence-electron chi connectivity index (χ3n) is 4.89. The van der Waals surface area contributed by atoms with Gasteiger partial charge in [0.15, 0.2) is 0 Å². The maximum absolute atomic E-state index is 5.65. The number of nitrogens with zero attached hydrogens (tertiary/aromatic N) is 3. The molecule has 2 aliphatic rings. The van der Waals surface area contributed by atoms with Gasteiger partial charge in [-0.3, -0.25) is 4.90 Å². The molecule has 4 rings (SSSR count). The van der Waals surface area contributed by atoms with Gasteiger partial charge in [-0.05, 0) is 29.9 Å². The second-order valence-electron chi connectivity index (χ2n) is 6.49. The Balaban J connectivity index is 1.42. The fraction of sp³-hybridized carbons (Fsp3) is 0.529. The number of H-pyrrole nitrogens is 1. The van der Waals surface area contributed by atoms with E-state index < -0.39 is 0 Å². The Morgan fingerprint density at radius 3 is 2.68 bits per heavy atom. The zero-order valence-corrected chi connectivity index (χ0v) is 12.9. The minimum atomic E-state index is 0.191. The van der Waals surface area contributed by atoms with Crippen molar-refractivity contribution in [1.29, 1.82) is 0 Å². The Hall–Kier alpha value is -1.72. The molecule has 0 bridgehead atoms. The van der Waals surface area contributed by atoms with Gasteiger partial charge >= 0.3 is 0 Å². The largest absolute Gasteiger partial charge is 0.379 e. The number of hydrogen-bond acceptors (Lipinski definition) is 4. The molecule has 0 radical (unpaired) electrons. The second kappa shape index (κ2) is 5.82. The number of ether oxygens (including phenoxy) is 1. The molecule has 0 spiro atoms. The highest BCUT2D eigenvalue weighted by Gasteiger charge is 2.35. The van der Waals surface area contributed by atoms with Gasteiger partial charge in [-0.15, -0.1) is 0 Å². The summed E-state index contributed by atoms with van der Waals surface area (Å²) >= 11 is 0. The molecule has 22 heavy (non-hydrogen) atoms. The number of benzene rings is 1. The molecule has 2 atom stereocenters. The predicted octanol–water partition coefficient (Wildman–Crippen LogP) is 2.30. The van der Waals surface area contributed by atoms with Gasteiger partial charge < -0.3 is 4.74 Å². The Morgan fingerprint density at radius 1 is 1.23 bits per heavy atom. The van der Waals surface area contributed by atoms with Crippen molar-refractivity contribution in [3.05, 3.63) is 47.3 Å². The lowest BCUT2D eigenvalue weighted by Crippen LogP contribution is -2.22. The van der Waals surface area contributed by atoms with Gasteiger partial charge in [-0.25, -0.2) is 0 Å². The summed E-state index contributed by atoms with van der Waals surface area (Å²) < 4.78 is 5.65. The van der Waals surface area contributed by atoms with Crippen LogP contribution >= 0.6 is 0 Å². The van der Waals surface area contributed by atoms with Gasteiger partial charge in [0.25, 0.3) is 0 Å². The van der Waals surface area contributed by atoms with Crippen molar-refractivity contribution in [2.24, 2.45) is 0 Å². The van der Waals surface area contributed by atoms with E-state index in [4.69, 9.17) is 4.74 Å². The van der Waals surface area contributed by atoms with Crippen LogP contribution in [0.3, 0.4) is 0 Å².